The molecule has 1 rings (SSSR count). The van der Waals surface area contributed by atoms with Crippen molar-refractivity contribution in [2.24, 2.45) is 0 Å². The van der Waals surface area contributed by atoms with Gasteiger partial charge in [0.25, 0.3) is 0 Å². The van der Waals surface area contributed by atoms with E-state index in [9.17, 15) is 5.11 Å². The van der Waals surface area contributed by atoms with Gasteiger partial charge in [0, 0.05) is 19.6 Å². The predicted molar refractivity (Wildman–Crippen MR) is 51.3 cm³/mol. The van der Waals surface area contributed by atoms with Gasteiger partial charge in [-0.2, -0.15) is 5.06 Å². The normalized spacial score (nSPS) is 27.5. The molecule has 0 radical (unpaired) electrons. The molecule has 2 atom stereocenters. The van der Waals surface area contributed by atoms with Crippen LogP contribution in [0.5, 0.6) is 0 Å². The lowest BCUT2D eigenvalue weighted by Gasteiger charge is -2.35. The summed E-state index contributed by atoms with van der Waals surface area (Å²) in [4.78, 5) is 5.48. The van der Waals surface area contributed by atoms with Crippen molar-refractivity contribution in [3.63, 3.8) is 0 Å². The maximum Gasteiger partial charge on any atom is 0.0657 e. The van der Waals surface area contributed by atoms with Gasteiger partial charge < -0.3 is 10.4 Å². The molecule has 0 aromatic heterocycles. The molecule has 78 valence electrons. The van der Waals surface area contributed by atoms with Crippen LogP contribution in [0.1, 0.15) is 20.3 Å². The molecule has 1 heterocycles. The fourth-order valence-electron chi connectivity index (χ4n) is 1.67. The molecule has 1 fully saturated rings. The van der Waals surface area contributed by atoms with Crippen molar-refractivity contribution in [2.75, 3.05) is 26.2 Å². The molecule has 2 N–H and O–H groups in total. The lowest BCUT2D eigenvalue weighted by molar-refractivity contribution is -0.194. The van der Waals surface area contributed by atoms with Crippen molar-refractivity contribution in [1.29, 1.82) is 0 Å². The SMILES string of the molecule is CCON1CCNCC1CC(C)O. The second kappa shape index (κ2) is 5.54. The van der Waals surface area contributed by atoms with Gasteiger partial charge in [0.15, 0.2) is 0 Å². The molecule has 0 aliphatic carbocycles. The van der Waals surface area contributed by atoms with Crippen LogP contribution >= 0.6 is 0 Å². The molecule has 0 saturated carbocycles. The van der Waals surface area contributed by atoms with Crippen LogP contribution in [0.25, 0.3) is 0 Å². The number of aliphatic hydroxyl groups excluding tert-OH is 1. The third-order valence-corrected chi connectivity index (χ3v) is 2.20. The standard InChI is InChI=1S/C9H20N2O2/c1-3-13-11-5-4-10-7-9(11)6-8(2)12/h8-10,12H,3-7H2,1-2H3. The van der Waals surface area contributed by atoms with Crippen molar-refractivity contribution in [3.8, 4) is 0 Å². The molecule has 0 spiro atoms. The fourth-order valence-corrected chi connectivity index (χ4v) is 1.67. The number of hydroxylamine groups is 2. The Hall–Kier alpha value is -0.160. The Morgan fingerprint density at radius 1 is 1.69 bits per heavy atom. The Morgan fingerprint density at radius 3 is 3.08 bits per heavy atom. The Kier molecular flexibility index (Phi) is 4.66. The molecule has 0 aromatic carbocycles. The van der Waals surface area contributed by atoms with E-state index in [0.29, 0.717) is 12.6 Å². The molecular weight excluding hydrogens is 168 g/mol. The molecule has 2 unspecified atom stereocenters. The summed E-state index contributed by atoms with van der Waals surface area (Å²) in [5.41, 5.74) is 0. The van der Waals surface area contributed by atoms with Gasteiger partial charge in [-0.1, -0.05) is 0 Å². The van der Waals surface area contributed by atoms with Crippen LogP contribution in [0.2, 0.25) is 0 Å². The molecule has 4 nitrogen and oxygen atoms in total. The number of aliphatic hydroxyl groups is 1. The second-order valence-electron chi connectivity index (χ2n) is 3.50. The summed E-state index contributed by atoms with van der Waals surface area (Å²) in [7, 11) is 0. The van der Waals surface area contributed by atoms with Crippen LogP contribution in [0.4, 0.5) is 0 Å². The highest BCUT2D eigenvalue weighted by Crippen LogP contribution is 2.09. The van der Waals surface area contributed by atoms with E-state index in [1.807, 2.05) is 18.9 Å². The smallest absolute Gasteiger partial charge is 0.0657 e. The van der Waals surface area contributed by atoms with Gasteiger partial charge in [-0.25, -0.2) is 0 Å². The van der Waals surface area contributed by atoms with E-state index in [2.05, 4.69) is 5.32 Å². The average Bonchev–Trinajstić information content (AvgIpc) is 2.08. The lowest BCUT2D eigenvalue weighted by atomic mass is 10.1. The van der Waals surface area contributed by atoms with E-state index in [-0.39, 0.29) is 6.10 Å². The van der Waals surface area contributed by atoms with Crippen LogP contribution < -0.4 is 5.32 Å². The first kappa shape index (κ1) is 10.9. The number of rotatable bonds is 4. The minimum Gasteiger partial charge on any atom is -0.393 e. The van der Waals surface area contributed by atoms with Crippen molar-refractivity contribution in [3.05, 3.63) is 0 Å². The van der Waals surface area contributed by atoms with Crippen molar-refractivity contribution in [2.45, 2.75) is 32.4 Å². The molecular formula is C9H20N2O2. The maximum atomic E-state index is 9.28. The molecule has 0 amide bonds. The van der Waals surface area contributed by atoms with Crippen molar-refractivity contribution in [1.82, 2.24) is 10.4 Å². The monoisotopic (exact) mass is 188 g/mol. The van der Waals surface area contributed by atoms with Crippen LogP contribution in [0.3, 0.4) is 0 Å². The summed E-state index contributed by atoms with van der Waals surface area (Å²) in [5, 5.41) is 14.6. The minimum absolute atomic E-state index is 0.257. The van der Waals surface area contributed by atoms with E-state index in [1.165, 1.54) is 0 Å². The number of nitrogens with one attached hydrogen (secondary N) is 1. The van der Waals surface area contributed by atoms with Gasteiger partial charge in [0.1, 0.15) is 0 Å². The van der Waals surface area contributed by atoms with Crippen LogP contribution in [0, 0.1) is 0 Å². The highest BCUT2D eigenvalue weighted by Gasteiger charge is 2.23. The first-order valence-corrected chi connectivity index (χ1v) is 5.02. The molecule has 1 aliphatic rings. The number of hydrogen-bond donors (Lipinski definition) is 2. The van der Waals surface area contributed by atoms with Gasteiger partial charge in [-0.3, -0.25) is 4.84 Å². The second-order valence-corrected chi connectivity index (χ2v) is 3.50. The number of nitrogens with zero attached hydrogens (tertiary/aromatic N) is 1. The summed E-state index contributed by atoms with van der Waals surface area (Å²) >= 11 is 0. The van der Waals surface area contributed by atoms with Crippen molar-refractivity contribution >= 4 is 0 Å². The summed E-state index contributed by atoms with van der Waals surface area (Å²) in [6.45, 7) is 7.29. The van der Waals surface area contributed by atoms with Gasteiger partial charge in [-0.15, -0.1) is 0 Å². The van der Waals surface area contributed by atoms with Crippen LogP contribution in [0.15, 0.2) is 0 Å². The highest BCUT2D eigenvalue weighted by molar-refractivity contribution is 4.76. The molecule has 0 aromatic rings. The van der Waals surface area contributed by atoms with E-state index in [1.54, 1.807) is 0 Å². The topological polar surface area (TPSA) is 44.7 Å². The largest absolute Gasteiger partial charge is 0.393 e. The predicted octanol–water partition coefficient (Wildman–Crippen LogP) is -0.0174. The van der Waals surface area contributed by atoms with E-state index in [4.69, 9.17) is 4.84 Å². The zero-order chi connectivity index (χ0) is 9.68. The van der Waals surface area contributed by atoms with Gasteiger partial charge >= 0.3 is 0 Å². The van der Waals surface area contributed by atoms with Gasteiger partial charge in [0.2, 0.25) is 0 Å². The van der Waals surface area contributed by atoms with E-state index >= 15 is 0 Å². The lowest BCUT2D eigenvalue weighted by Crippen LogP contribution is -2.51. The Labute approximate surface area is 79.8 Å². The molecule has 1 saturated heterocycles. The Morgan fingerprint density at radius 2 is 2.46 bits per heavy atom. The van der Waals surface area contributed by atoms with E-state index in [0.717, 1.165) is 26.1 Å². The minimum atomic E-state index is -0.257. The summed E-state index contributed by atoms with van der Waals surface area (Å²) in [5.74, 6) is 0. The highest BCUT2D eigenvalue weighted by atomic mass is 16.7. The zero-order valence-electron chi connectivity index (χ0n) is 8.49. The van der Waals surface area contributed by atoms with Gasteiger partial charge in [0.05, 0.1) is 18.8 Å². The zero-order valence-corrected chi connectivity index (χ0v) is 8.49. The third-order valence-electron chi connectivity index (χ3n) is 2.20. The maximum absolute atomic E-state index is 9.28. The first-order valence-electron chi connectivity index (χ1n) is 5.02. The quantitative estimate of drug-likeness (QED) is 0.651. The molecule has 13 heavy (non-hydrogen) atoms. The van der Waals surface area contributed by atoms with Crippen molar-refractivity contribution < 1.29 is 9.94 Å². The molecule has 0 bridgehead atoms. The third kappa shape index (κ3) is 3.60. The summed E-state index contributed by atoms with van der Waals surface area (Å²) < 4.78 is 0. The molecule has 1 aliphatic heterocycles. The first-order chi connectivity index (χ1) is 6.24. The Balaban J connectivity index is 2.36. The number of hydrogen-bond acceptors (Lipinski definition) is 4. The molecule has 4 heteroatoms. The summed E-state index contributed by atoms with van der Waals surface area (Å²) in [6.07, 6.45) is 0.514. The Bertz CT molecular complexity index is 140. The fraction of sp³-hybridized carbons (Fsp3) is 1.00. The number of piperazine rings is 1. The van der Waals surface area contributed by atoms with E-state index < -0.39 is 0 Å². The van der Waals surface area contributed by atoms with Crippen LogP contribution in [-0.2, 0) is 4.84 Å². The summed E-state index contributed by atoms with van der Waals surface area (Å²) in [6, 6.07) is 0.314. The average molecular weight is 188 g/mol. The van der Waals surface area contributed by atoms with Gasteiger partial charge in [-0.05, 0) is 20.3 Å². The van der Waals surface area contributed by atoms with Crippen LogP contribution in [-0.4, -0.2) is 48.6 Å².